The molecule has 0 aliphatic heterocycles. The minimum atomic E-state index is -0.236. The molecule has 4 rings (SSSR count). The first-order valence-electron chi connectivity index (χ1n) is 12.0. The fraction of sp³-hybridized carbons (Fsp3) is 0.233. The number of hydrogen-bond acceptors (Lipinski definition) is 5. The van der Waals surface area contributed by atoms with Gasteiger partial charge in [-0.2, -0.15) is 9.78 Å². The van der Waals surface area contributed by atoms with Crippen LogP contribution in [-0.4, -0.2) is 29.1 Å². The molecule has 0 unspecified atom stereocenters. The van der Waals surface area contributed by atoms with Crippen molar-refractivity contribution in [3.05, 3.63) is 85.2 Å². The predicted molar refractivity (Wildman–Crippen MR) is 158 cm³/mol. The van der Waals surface area contributed by atoms with Gasteiger partial charge in [-0.05, 0) is 102 Å². The monoisotopic (exact) mass is 605 g/mol. The Labute approximate surface area is 230 Å². The Balaban J connectivity index is 1.89. The summed E-state index contributed by atoms with van der Waals surface area (Å²) in [6.07, 6.45) is 6.95. The standard InChI is InChI=1S/C30H28IN3O3/c1-6-14-37-27-13-12-21(16-25(27)31)18-32-34-29(33-26-11-9-8-10-22(26)30(34)35)24-17-23(19(3)4)28(36-7-2)15-20(24)5/h1,8-13,15-19H,7,14H2,2-5H3. The number of halogens is 1. The Hall–Kier alpha value is -3.64. The summed E-state index contributed by atoms with van der Waals surface area (Å²) in [5.41, 5.74) is 4.04. The maximum Gasteiger partial charge on any atom is 0.282 e. The lowest BCUT2D eigenvalue weighted by Crippen LogP contribution is -2.21. The van der Waals surface area contributed by atoms with Crippen molar-refractivity contribution in [2.24, 2.45) is 5.10 Å². The molecule has 0 aliphatic carbocycles. The van der Waals surface area contributed by atoms with Crippen LogP contribution in [0.15, 0.2) is 64.5 Å². The van der Waals surface area contributed by atoms with Crippen molar-refractivity contribution >= 4 is 39.7 Å². The van der Waals surface area contributed by atoms with Crippen LogP contribution in [0.25, 0.3) is 22.3 Å². The number of para-hydroxylation sites is 1. The molecule has 1 heterocycles. The van der Waals surface area contributed by atoms with Crippen LogP contribution in [0.1, 0.15) is 43.4 Å². The maximum atomic E-state index is 13.6. The number of nitrogens with zero attached hydrogens (tertiary/aromatic N) is 3. The number of benzene rings is 3. The highest BCUT2D eigenvalue weighted by molar-refractivity contribution is 14.1. The Morgan fingerprint density at radius 3 is 2.62 bits per heavy atom. The highest BCUT2D eigenvalue weighted by Crippen LogP contribution is 2.34. The van der Waals surface area contributed by atoms with Gasteiger partial charge < -0.3 is 9.47 Å². The van der Waals surface area contributed by atoms with Gasteiger partial charge in [-0.25, -0.2) is 4.98 Å². The van der Waals surface area contributed by atoms with E-state index in [1.165, 1.54) is 4.68 Å². The summed E-state index contributed by atoms with van der Waals surface area (Å²) in [7, 11) is 0. The van der Waals surface area contributed by atoms with E-state index >= 15 is 0 Å². The predicted octanol–water partition coefficient (Wildman–Crippen LogP) is 6.39. The summed E-state index contributed by atoms with van der Waals surface area (Å²) >= 11 is 2.19. The average molecular weight is 605 g/mol. The van der Waals surface area contributed by atoms with E-state index in [4.69, 9.17) is 20.9 Å². The zero-order valence-corrected chi connectivity index (χ0v) is 23.4. The van der Waals surface area contributed by atoms with E-state index < -0.39 is 0 Å². The first-order chi connectivity index (χ1) is 17.8. The van der Waals surface area contributed by atoms with E-state index in [1.807, 2.05) is 56.3 Å². The van der Waals surface area contributed by atoms with Gasteiger partial charge in [0, 0.05) is 5.56 Å². The molecule has 0 fully saturated rings. The minimum Gasteiger partial charge on any atom is -0.494 e. The normalized spacial score (nSPS) is 11.3. The Morgan fingerprint density at radius 1 is 1.14 bits per heavy atom. The number of rotatable bonds is 8. The smallest absolute Gasteiger partial charge is 0.282 e. The second-order valence-electron chi connectivity index (χ2n) is 8.79. The van der Waals surface area contributed by atoms with Crippen molar-refractivity contribution in [3.63, 3.8) is 0 Å². The molecule has 1 aromatic heterocycles. The zero-order chi connectivity index (χ0) is 26.5. The molecule has 188 valence electrons. The summed E-state index contributed by atoms with van der Waals surface area (Å²) in [6.45, 7) is 8.98. The number of fused-ring (bicyclic) bond motifs is 1. The van der Waals surface area contributed by atoms with Crippen molar-refractivity contribution in [2.75, 3.05) is 13.2 Å². The molecule has 0 aliphatic rings. The second kappa shape index (κ2) is 11.6. The fourth-order valence-corrected chi connectivity index (χ4v) is 4.73. The Kier molecular flexibility index (Phi) is 8.29. The first kappa shape index (κ1) is 26.4. The number of aromatic nitrogens is 2. The first-order valence-corrected chi connectivity index (χ1v) is 13.1. The van der Waals surface area contributed by atoms with E-state index in [0.29, 0.717) is 29.1 Å². The van der Waals surface area contributed by atoms with Gasteiger partial charge in [0.2, 0.25) is 0 Å². The van der Waals surface area contributed by atoms with Gasteiger partial charge in [-0.3, -0.25) is 4.79 Å². The quantitative estimate of drug-likeness (QED) is 0.133. The lowest BCUT2D eigenvalue weighted by Gasteiger charge is -2.18. The summed E-state index contributed by atoms with van der Waals surface area (Å²) in [6, 6.07) is 17.0. The van der Waals surface area contributed by atoms with Crippen LogP contribution in [0.4, 0.5) is 0 Å². The third-order valence-electron chi connectivity index (χ3n) is 5.86. The van der Waals surface area contributed by atoms with Crippen LogP contribution in [0, 0.1) is 22.8 Å². The van der Waals surface area contributed by atoms with Crippen LogP contribution < -0.4 is 15.0 Å². The average Bonchev–Trinajstić information content (AvgIpc) is 2.88. The lowest BCUT2D eigenvalue weighted by atomic mass is 9.96. The van der Waals surface area contributed by atoms with E-state index in [0.717, 1.165) is 31.6 Å². The SMILES string of the molecule is C#CCOc1ccc(C=Nn2c(-c3cc(C(C)C)c(OCC)cc3C)nc3ccccc3c2=O)cc1I. The molecule has 7 heteroatoms. The molecule has 0 saturated heterocycles. The number of ether oxygens (including phenoxy) is 2. The lowest BCUT2D eigenvalue weighted by molar-refractivity contribution is 0.335. The molecule has 3 aromatic carbocycles. The van der Waals surface area contributed by atoms with Crippen molar-refractivity contribution in [1.82, 2.24) is 9.66 Å². The van der Waals surface area contributed by atoms with Crippen LogP contribution in [-0.2, 0) is 0 Å². The third-order valence-corrected chi connectivity index (χ3v) is 6.71. The molecule has 0 atom stereocenters. The van der Waals surface area contributed by atoms with E-state index in [-0.39, 0.29) is 18.1 Å². The summed E-state index contributed by atoms with van der Waals surface area (Å²) in [4.78, 5) is 18.5. The molecule has 0 radical (unpaired) electrons. The largest absolute Gasteiger partial charge is 0.494 e. The summed E-state index contributed by atoms with van der Waals surface area (Å²) in [5, 5.41) is 5.12. The second-order valence-corrected chi connectivity index (χ2v) is 9.95. The Bertz CT molecular complexity index is 1580. The number of aryl methyl sites for hydroxylation is 1. The van der Waals surface area contributed by atoms with Crippen molar-refractivity contribution in [2.45, 2.75) is 33.6 Å². The zero-order valence-electron chi connectivity index (χ0n) is 21.3. The van der Waals surface area contributed by atoms with E-state index in [9.17, 15) is 4.79 Å². The van der Waals surface area contributed by atoms with Crippen molar-refractivity contribution < 1.29 is 9.47 Å². The molecule has 37 heavy (non-hydrogen) atoms. The van der Waals surface area contributed by atoms with Crippen LogP contribution in [0.3, 0.4) is 0 Å². The van der Waals surface area contributed by atoms with E-state index in [2.05, 4.69) is 53.5 Å². The van der Waals surface area contributed by atoms with Crippen LogP contribution >= 0.6 is 22.6 Å². The summed E-state index contributed by atoms with van der Waals surface area (Å²) < 4.78 is 13.7. The molecule has 6 nitrogen and oxygen atoms in total. The van der Waals surface area contributed by atoms with Gasteiger partial charge in [0.15, 0.2) is 5.82 Å². The fourth-order valence-electron chi connectivity index (χ4n) is 4.03. The molecular formula is C30H28IN3O3. The number of hydrogen-bond donors (Lipinski definition) is 0. The molecule has 4 aromatic rings. The maximum absolute atomic E-state index is 13.6. The van der Waals surface area contributed by atoms with Gasteiger partial charge in [-0.15, -0.1) is 6.42 Å². The molecule has 0 N–H and O–H groups in total. The molecule has 0 saturated carbocycles. The highest BCUT2D eigenvalue weighted by atomic mass is 127. The van der Waals surface area contributed by atoms with Gasteiger partial charge in [0.1, 0.15) is 18.1 Å². The molecule has 0 amide bonds. The van der Waals surface area contributed by atoms with Gasteiger partial charge in [0.05, 0.1) is 27.3 Å². The minimum absolute atomic E-state index is 0.199. The van der Waals surface area contributed by atoms with Crippen LogP contribution in [0.5, 0.6) is 11.5 Å². The molecule has 0 spiro atoms. The van der Waals surface area contributed by atoms with Gasteiger partial charge >= 0.3 is 0 Å². The van der Waals surface area contributed by atoms with Gasteiger partial charge in [-0.1, -0.05) is 31.9 Å². The summed E-state index contributed by atoms with van der Waals surface area (Å²) in [5.74, 6) is 4.72. The van der Waals surface area contributed by atoms with E-state index in [1.54, 1.807) is 12.3 Å². The van der Waals surface area contributed by atoms with Crippen molar-refractivity contribution in [1.29, 1.82) is 0 Å². The topological polar surface area (TPSA) is 65.7 Å². The molecule has 0 bridgehead atoms. The van der Waals surface area contributed by atoms with Gasteiger partial charge in [0.25, 0.3) is 5.56 Å². The highest BCUT2D eigenvalue weighted by Gasteiger charge is 2.18. The molecular weight excluding hydrogens is 577 g/mol. The van der Waals surface area contributed by atoms with Crippen LogP contribution in [0.2, 0.25) is 0 Å². The number of terminal acetylenes is 1. The Morgan fingerprint density at radius 2 is 1.92 bits per heavy atom. The third kappa shape index (κ3) is 5.70. The van der Waals surface area contributed by atoms with Crippen molar-refractivity contribution in [3.8, 4) is 35.2 Å².